The van der Waals surface area contributed by atoms with Gasteiger partial charge in [0.2, 0.25) is 0 Å². The van der Waals surface area contributed by atoms with Crippen molar-refractivity contribution in [3.8, 4) is 11.5 Å². The fourth-order valence-electron chi connectivity index (χ4n) is 5.54. The van der Waals surface area contributed by atoms with Gasteiger partial charge in [0.25, 0.3) is 5.91 Å². The lowest BCUT2D eigenvalue weighted by atomic mass is 10.00. The van der Waals surface area contributed by atoms with Crippen LogP contribution in [0, 0.1) is 0 Å². The van der Waals surface area contributed by atoms with Crippen LogP contribution in [0.1, 0.15) is 55.6 Å². The standard InChI is InChI=1S/C36H46N6O6/c1-36(2,3)48-35(45)40-30-9-6-5-8-29(30)38-33(43)26-13-11-25(12-14-26)28(10-7-17-42-20-18-41(4)19-21-42)39-34(44)37-27-15-16-31-32(24-27)47-23-22-46-31/h5-6,8-9,11-16,24,28H,7,10,17-23H2,1-4H3,(H,38,43)(H,40,45)(H2,37,39,44). The molecule has 2 aliphatic rings. The zero-order valence-corrected chi connectivity index (χ0v) is 28.1. The number of rotatable bonds is 10. The number of fused-ring (bicyclic) bond motifs is 1. The molecule has 12 nitrogen and oxygen atoms in total. The molecular weight excluding hydrogens is 612 g/mol. The first-order valence-corrected chi connectivity index (χ1v) is 16.4. The number of urea groups is 1. The Bertz CT molecular complexity index is 1570. The molecule has 1 atom stereocenters. The number of para-hydroxylation sites is 2. The lowest BCUT2D eigenvalue weighted by molar-refractivity contribution is 0.0635. The number of anilines is 3. The average molecular weight is 659 g/mol. The van der Waals surface area contributed by atoms with Crippen molar-refractivity contribution in [2.24, 2.45) is 0 Å². The van der Waals surface area contributed by atoms with Gasteiger partial charge in [-0.1, -0.05) is 24.3 Å². The first kappa shape index (κ1) is 34.5. The highest BCUT2D eigenvalue weighted by atomic mass is 16.6. The summed E-state index contributed by atoms with van der Waals surface area (Å²) in [6.07, 6.45) is 0.996. The third-order valence-electron chi connectivity index (χ3n) is 8.05. The van der Waals surface area contributed by atoms with E-state index in [4.69, 9.17) is 14.2 Å². The molecule has 4 amide bonds. The Balaban J connectivity index is 1.24. The number of carbonyl (C=O) groups excluding carboxylic acids is 3. The van der Waals surface area contributed by atoms with Crippen LogP contribution in [0.2, 0.25) is 0 Å². The molecule has 0 spiro atoms. The maximum atomic E-state index is 13.3. The molecular formula is C36H46N6O6. The fraction of sp³-hybridized carbons (Fsp3) is 0.417. The van der Waals surface area contributed by atoms with Crippen molar-refractivity contribution in [2.45, 2.75) is 45.3 Å². The van der Waals surface area contributed by atoms with Gasteiger partial charge in [0, 0.05) is 43.5 Å². The van der Waals surface area contributed by atoms with Gasteiger partial charge in [0.1, 0.15) is 18.8 Å². The molecule has 0 radical (unpaired) electrons. The van der Waals surface area contributed by atoms with Crippen molar-refractivity contribution in [1.82, 2.24) is 15.1 Å². The van der Waals surface area contributed by atoms with Crippen molar-refractivity contribution in [3.05, 3.63) is 77.9 Å². The van der Waals surface area contributed by atoms with Crippen molar-refractivity contribution in [1.29, 1.82) is 0 Å². The third kappa shape index (κ3) is 10.1. The number of hydrogen-bond acceptors (Lipinski definition) is 8. The van der Waals surface area contributed by atoms with Crippen LogP contribution >= 0.6 is 0 Å². The second-order valence-electron chi connectivity index (χ2n) is 13.0. The van der Waals surface area contributed by atoms with Gasteiger partial charge in [-0.2, -0.15) is 0 Å². The van der Waals surface area contributed by atoms with E-state index in [0.717, 1.165) is 51.1 Å². The summed E-state index contributed by atoms with van der Waals surface area (Å²) in [6, 6.07) is 18.8. The molecule has 5 rings (SSSR count). The molecule has 2 heterocycles. The van der Waals surface area contributed by atoms with E-state index in [1.807, 2.05) is 12.1 Å². The molecule has 1 fully saturated rings. The number of benzene rings is 3. The Morgan fingerprint density at radius 2 is 1.50 bits per heavy atom. The average Bonchev–Trinajstić information content (AvgIpc) is 3.05. The molecule has 48 heavy (non-hydrogen) atoms. The number of amides is 4. The van der Waals surface area contributed by atoms with E-state index in [0.29, 0.717) is 47.3 Å². The summed E-state index contributed by atoms with van der Waals surface area (Å²) in [5, 5.41) is 11.6. The van der Waals surface area contributed by atoms with E-state index < -0.39 is 11.7 Å². The van der Waals surface area contributed by atoms with Crippen molar-refractivity contribution < 1.29 is 28.6 Å². The molecule has 0 aliphatic carbocycles. The molecule has 256 valence electrons. The van der Waals surface area contributed by atoms with Crippen LogP contribution in [0.5, 0.6) is 11.5 Å². The summed E-state index contributed by atoms with van der Waals surface area (Å²) >= 11 is 0. The van der Waals surface area contributed by atoms with Crippen LogP contribution in [-0.4, -0.2) is 86.4 Å². The van der Waals surface area contributed by atoms with Crippen LogP contribution < -0.4 is 30.7 Å². The Labute approximate surface area is 282 Å². The first-order chi connectivity index (χ1) is 23.0. The molecule has 0 bridgehead atoms. The van der Waals surface area contributed by atoms with Crippen LogP contribution in [0.3, 0.4) is 0 Å². The highest BCUT2D eigenvalue weighted by Gasteiger charge is 2.21. The molecule has 1 unspecified atom stereocenters. The summed E-state index contributed by atoms with van der Waals surface area (Å²) in [6.45, 7) is 11.4. The number of hydrogen-bond donors (Lipinski definition) is 4. The second kappa shape index (κ2) is 15.9. The Morgan fingerprint density at radius 3 is 2.19 bits per heavy atom. The van der Waals surface area contributed by atoms with Crippen LogP contribution in [0.15, 0.2) is 66.7 Å². The molecule has 2 aliphatic heterocycles. The minimum atomic E-state index is -0.659. The van der Waals surface area contributed by atoms with Gasteiger partial charge in [-0.05, 0) is 89.2 Å². The highest BCUT2D eigenvalue weighted by molar-refractivity contribution is 6.07. The molecule has 3 aromatic rings. The fourth-order valence-corrected chi connectivity index (χ4v) is 5.54. The molecule has 12 heteroatoms. The van der Waals surface area contributed by atoms with Gasteiger partial charge in [0.05, 0.1) is 17.4 Å². The summed E-state index contributed by atoms with van der Waals surface area (Å²) in [5.74, 6) is 0.914. The van der Waals surface area contributed by atoms with Gasteiger partial charge < -0.3 is 40.0 Å². The molecule has 3 aromatic carbocycles. The minimum absolute atomic E-state index is 0.287. The highest BCUT2D eigenvalue weighted by Crippen LogP contribution is 2.33. The number of nitrogens with zero attached hydrogens (tertiary/aromatic N) is 2. The van der Waals surface area contributed by atoms with Gasteiger partial charge in [-0.15, -0.1) is 0 Å². The van der Waals surface area contributed by atoms with Gasteiger partial charge in [0.15, 0.2) is 11.5 Å². The monoisotopic (exact) mass is 658 g/mol. The van der Waals surface area contributed by atoms with E-state index in [9.17, 15) is 14.4 Å². The number of ether oxygens (including phenoxy) is 3. The van der Waals surface area contributed by atoms with Gasteiger partial charge >= 0.3 is 12.1 Å². The number of nitrogens with one attached hydrogen (secondary N) is 4. The number of carbonyl (C=O) groups is 3. The Hall–Kier alpha value is -4.81. The van der Waals surface area contributed by atoms with E-state index in [1.165, 1.54) is 0 Å². The Kier molecular flexibility index (Phi) is 11.4. The van der Waals surface area contributed by atoms with Crippen molar-refractivity contribution >= 4 is 35.1 Å². The van der Waals surface area contributed by atoms with Crippen LogP contribution in [0.25, 0.3) is 0 Å². The maximum absolute atomic E-state index is 13.3. The first-order valence-electron chi connectivity index (χ1n) is 16.4. The second-order valence-corrected chi connectivity index (χ2v) is 13.0. The quantitative estimate of drug-likeness (QED) is 0.210. The lowest BCUT2D eigenvalue weighted by Crippen LogP contribution is -2.44. The number of piperazine rings is 1. The summed E-state index contributed by atoms with van der Waals surface area (Å²) in [7, 11) is 2.14. The van der Waals surface area contributed by atoms with Crippen LogP contribution in [-0.2, 0) is 4.74 Å². The van der Waals surface area contributed by atoms with E-state index in [-0.39, 0.29) is 18.0 Å². The van der Waals surface area contributed by atoms with E-state index in [1.54, 1.807) is 75.4 Å². The normalized spacial score (nSPS) is 15.6. The van der Waals surface area contributed by atoms with Crippen LogP contribution in [0.4, 0.5) is 26.7 Å². The number of likely N-dealkylation sites (N-methyl/N-ethyl adjacent to an activating group) is 1. The lowest BCUT2D eigenvalue weighted by Gasteiger charge is -2.32. The van der Waals surface area contributed by atoms with E-state index >= 15 is 0 Å². The van der Waals surface area contributed by atoms with E-state index in [2.05, 4.69) is 38.1 Å². The van der Waals surface area contributed by atoms with Gasteiger partial charge in [-0.25, -0.2) is 9.59 Å². The zero-order chi connectivity index (χ0) is 34.1. The van der Waals surface area contributed by atoms with Crippen molar-refractivity contribution in [3.63, 3.8) is 0 Å². The topological polar surface area (TPSA) is 134 Å². The minimum Gasteiger partial charge on any atom is -0.486 e. The summed E-state index contributed by atoms with van der Waals surface area (Å²) in [5.41, 5.74) is 2.12. The predicted molar refractivity (Wildman–Crippen MR) is 186 cm³/mol. The SMILES string of the molecule is CN1CCN(CCCC(NC(=O)Nc2ccc3c(c2)OCCO3)c2ccc(C(=O)Nc3ccccc3NC(=O)OC(C)(C)C)cc2)CC1. The van der Waals surface area contributed by atoms with Crippen molar-refractivity contribution in [2.75, 3.05) is 68.9 Å². The third-order valence-corrected chi connectivity index (χ3v) is 8.05. The molecule has 0 aromatic heterocycles. The molecule has 0 saturated carbocycles. The summed E-state index contributed by atoms with van der Waals surface area (Å²) < 4.78 is 16.6. The largest absolute Gasteiger partial charge is 0.486 e. The molecule has 1 saturated heterocycles. The molecule has 4 N–H and O–H groups in total. The summed E-state index contributed by atoms with van der Waals surface area (Å²) in [4.78, 5) is 43.6. The van der Waals surface area contributed by atoms with Gasteiger partial charge in [-0.3, -0.25) is 10.1 Å². The maximum Gasteiger partial charge on any atom is 0.412 e. The zero-order valence-electron chi connectivity index (χ0n) is 28.1. The smallest absolute Gasteiger partial charge is 0.412 e. The Morgan fingerprint density at radius 1 is 0.833 bits per heavy atom. The predicted octanol–water partition coefficient (Wildman–Crippen LogP) is 5.95.